The van der Waals surface area contributed by atoms with Crippen LogP contribution in [0, 0.1) is 17.6 Å². The van der Waals surface area contributed by atoms with E-state index in [1.807, 2.05) is 11.8 Å². The van der Waals surface area contributed by atoms with Crippen molar-refractivity contribution >= 4 is 5.97 Å². The highest BCUT2D eigenvalue weighted by Gasteiger charge is 2.37. The summed E-state index contributed by atoms with van der Waals surface area (Å²) in [5, 5.41) is 9.23. The van der Waals surface area contributed by atoms with Crippen LogP contribution in [0.3, 0.4) is 0 Å². The van der Waals surface area contributed by atoms with Gasteiger partial charge in [0, 0.05) is 24.2 Å². The third-order valence-electron chi connectivity index (χ3n) is 3.74. The molecule has 0 bridgehead atoms. The fourth-order valence-corrected chi connectivity index (χ4v) is 2.66. The summed E-state index contributed by atoms with van der Waals surface area (Å²) in [7, 11) is 0. The summed E-state index contributed by atoms with van der Waals surface area (Å²) in [5.41, 5.74) is 0.362. The van der Waals surface area contributed by atoms with Gasteiger partial charge in [0.2, 0.25) is 0 Å². The Morgan fingerprint density at radius 1 is 1.43 bits per heavy atom. The number of nitrogens with zero attached hydrogens (tertiary/aromatic N) is 1. The molecule has 1 saturated heterocycles. The Kier molecular flexibility index (Phi) is 5.25. The van der Waals surface area contributed by atoms with Crippen LogP contribution in [0.15, 0.2) is 18.2 Å². The van der Waals surface area contributed by atoms with E-state index in [0.29, 0.717) is 18.7 Å². The number of carboxylic acids is 1. The molecule has 1 heterocycles. The van der Waals surface area contributed by atoms with Crippen LogP contribution < -0.4 is 0 Å². The average molecular weight is 299 g/mol. The monoisotopic (exact) mass is 299 g/mol. The van der Waals surface area contributed by atoms with Crippen molar-refractivity contribution in [3.8, 4) is 0 Å². The quantitative estimate of drug-likeness (QED) is 0.875. The molecular weight excluding hydrogens is 280 g/mol. The largest absolute Gasteiger partial charge is 0.481 e. The lowest BCUT2D eigenvalue weighted by atomic mass is 10.0. The third-order valence-corrected chi connectivity index (χ3v) is 3.74. The first-order valence-corrected chi connectivity index (χ1v) is 7.01. The Labute approximate surface area is 122 Å². The predicted octanol–water partition coefficient (Wildman–Crippen LogP) is 2.28. The fourth-order valence-electron chi connectivity index (χ4n) is 2.66. The number of carbonyl (C=O) groups is 1. The Balaban J connectivity index is 2.16. The molecule has 0 saturated carbocycles. The van der Waals surface area contributed by atoms with Crippen LogP contribution in [0.4, 0.5) is 8.78 Å². The molecule has 1 fully saturated rings. The van der Waals surface area contributed by atoms with Gasteiger partial charge in [-0.1, -0.05) is 13.0 Å². The maximum Gasteiger partial charge on any atom is 0.310 e. The predicted molar refractivity (Wildman–Crippen MR) is 72.8 cm³/mol. The van der Waals surface area contributed by atoms with Gasteiger partial charge in [-0.25, -0.2) is 8.78 Å². The number of hydrogen-bond acceptors (Lipinski definition) is 3. The van der Waals surface area contributed by atoms with Crippen molar-refractivity contribution in [1.29, 1.82) is 0 Å². The van der Waals surface area contributed by atoms with E-state index in [4.69, 9.17) is 4.74 Å². The minimum absolute atomic E-state index is 0.173. The Hall–Kier alpha value is -1.53. The summed E-state index contributed by atoms with van der Waals surface area (Å²) in [6.45, 7) is 3.35. The molecule has 1 N–H and O–H groups in total. The first-order valence-electron chi connectivity index (χ1n) is 7.01. The van der Waals surface area contributed by atoms with Gasteiger partial charge < -0.3 is 9.84 Å². The molecule has 0 aromatic heterocycles. The van der Waals surface area contributed by atoms with Crippen LogP contribution in [0.1, 0.15) is 18.9 Å². The number of halogens is 2. The van der Waals surface area contributed by atoms with Crippen molar-refractivity contribution in [3.63, 3.8) is 0 Å². The zero-order valence-electron chi connectivity index (χ0n) is 11.9. The van der Waals surface area contributed by atoms with E-state index in [2.05, 4.69) is 0 Å². The molecule has 0 amide bonds. The summed E-state index contributed by atoms with van der Waals surface area (Å²) < 4.78 is 32.0. The Morgan fingerprint density at radius 3 is 2.81 bits per heavy atom. The average Bonchev–Trinajstić information content (AvgIpc) is 2.90. The number of hydrogen-bond donors (Lipinski definition) is 1. The highest BCUT2D eigenvalue weighted by molar-refractivity contribution is 5.71. The first kappa shape index (κ1) is 15.9. The van der Waals surface area contributed by atoms with Crippen LogP contribution in [-0.2, 0) is 16.1 Å². The molecule has 0 spiro atoms. The van der Waals surface area contributed by atoms with E-state index < -0.39 is 23.5 Å². The zero-order chi connectivity index (χ0) is 15.4. The number of aliphatic carboxylic acids is 1. The second-order valence-electron chi connectivity index (χ2n) is 5.26. The van der Waals surface area contributed by atoms with Crippen LogP contribution in [-0.4, -0.2) is 41.8 Å². The van der Waals surface area contributed by atoms with Gasteiger partial charge in [-0.3, -0.25) is 9.69 Å². The van der Waals surface area contributed by atoms with Crippen molar-refractivity contribution < 1.29 is 23.4 Å². The van der Waals surface area contributed by atoms with Gasteiger partial charge in [-0.05, 0) is 19.0 Å². The van der Waals surface area contributed by atoms with E-state index >= 15 is 0 Å². The standard InChI is InChI=1S/C15H19F2NO3/c1-2-5-18(14-9-21-8-12(14)15(19)20)7-10-3-4-11(16)6-13(10)17/h3-4,6,12,14H,2,5,7-9H2,1H3,(H,19,20). The summed E-state index contributed by atoms with van der Waals surface area (Å²) in [5.74, 6) is -2.74. The number of carboxylic acid groups (broad SMARTS) is 1. The SMILES string of the molecule is CCCN(Cc1ccc(F)cc1F)C1COCC1C(=O)O. The first-order chi connectivity index (χ1) is 10.0. The zero-order valence-corrected chi connectivity index (χ0v) is 11.9. The lowest BCUT2D eigenvalue weighted by Gasteiger charge is -2.30. The molecule has 2 rings (SSSR count). The third kappa shape index (κ3) is 3.77. The number of benzene rings is 1. The van der Waals surface area contributed by atoms with E-state index in [0.717, 1.165) is 12.5 Å². The van der Waals surface area contributed by atoms with E-state index in [-0.39, 0.29) is 19.2 Å². The fraction of sp³-hybridized carbons (Fsp3) is 0.533. The maximum absolute atomic E-state index is 13.8. The number of ether oxygens (including phenoxy) is 1. The molecule has 0 aliphatic carbocycles. The molecule has 21 heavy (non-hydrogen) atoms. The highest BCUT2D eigenvalue weighted by atomic mass is 19.1. The van der Waals surface area contributed by atoms with Crippen molar-refractivity contribution in [3.05, 3.63) is 35.4 Å². The van der Waals surface area contributed by atoms with E-state index in [1.54, 1.807) is 0 Å². The van der Waals surface area contributed by atoms with Crippen LogP contribution in [0.25, 0.3) is 0 Å². The lowest BCUT2D eigenvalue weighted by molar-refractivity contribution is -0.143. The molecule has 2 atom stereocenters. The normalized spacial score (nSPS) is 21.9. The topological polar surface area (TPSA) is 49.8 Å². The van der Waals surface area contributed by atoms with Crippen LogP contribution >= 0.6 is 0 Å². The smallest absolute Gasteiger partial charge is 0.310 e. The molecule has 6 heteroatoms. The molecular formula is C15H19F2NO3. The van der Waals surface area contributed by atoms with Gasteiger partial charge in [0.25, 0.3) is 0 Å². The molecule has 1 aromatic carbocycles. The second-order valence-corrected chi connectivity index (χ2v) is 5.26. The van der Waals surface area contributed by atoms with Crippen LogP contribution in [0.5, 0.6) is 0 Å². The highest BCUT2D eigenvalue weighted by Crippen LogP contribution is 2.23. The molecule has 2 unspecified atom stereocenters. The summed E-state index contributed by atoms with van der Waals surface area (Å²) in [6, 6.07) is 3.17. The summed E-state index contributed by atoms with van der Waals surface area (Å²) in [4.78, 5) is 13.2. The molecule has 4 nitrogen and oxygen atoms in total. The number of rotatable bonds is 6. The van der Waals surface area contributed by atoms with Gasteiger partial charge >= 0.3 is 5.97 Å². The maximum atomic E-state index is 13.8. The Bertz CT molecular complexity index is 510. The van der Waals surface area contributed by atoms with Gasteiger partial charge in [0.05, 0.1) is 19.1 Å². The van der Waals surface area contributed by atoms with Gasteiger partial charge in [0.1, 0.15) is 11.6 Å². The van der Waals surface area contributed by atoms with Crippen molar-refractivity contribution in [2.45, 2.75) is 25.9 Å². The van der Waals surface area contributed by atoms with Crippen LogP contribution in [0.2, 0.25) is 0 Å². The molecule has 0 radical (unpaired) electrons. The van der Waals surface area contributed by atoms with Crippen molar-refractivity contribution in [1.82, 2.24) is 4.90 Å². The van der Waals surface area contributed by atoms with Gasteiger partial charge in [-0.15, -0.1) is 0 Å². The molecule has 1 aliphatic heterocycles. The van der Waals surface area contributed by atoms with Gasteiger partial charge in [0.15, 0.2) is 0 Å². The van der Waals surface area contributed by atoms with E-state index in [1.165, 1.54) is 12.1 Å². The molecule has 1 aliphatic rings. The van der Waals surface area contributed by atoms with E-state index in [9.17, 15) is 18.7 Å². The second kappa shape index (κ2) is 6.95. The Morgan fingerprint density at radius 2 is 2.19 bits per heavy atom. The van der Waals surface area contributed by atoms with Crippen molar-refractivity contribution in [2.24, 2.45) is 5.92 Å². The minimum Gasteiger partial charge on any atom is -0.481 e. The summed E-state index contributed by atoms with van der Waals surface area (Å²) in [6.07, 6.45) is 0.811. The van der Waals surface area contributed by atoms with Crippen molar-refractivity contribution in [2.75, 3.05) is 19.8 Å². The minimum atomic E-state index is -0.904. The molecule has 116 valence electrons. The molecule has 1 aromatic rings. The lowest BCUT2D eigenvalue weighted by Crippen LogP contribution is -2.43. The summed E-state index contributed by atoms with van der Waals surface area (Å²) >= 11 is 0. The van der Waals surface area contributed by atoms with Gasteiger partial charge in [-0.2, -0.15) is 0 Å².